The summed E-state index contributed by atoms with van der Waals surface area (Å²) >= 11 is 0. The number of hydrogen-bond donors (Lipinski definition) is 0. The van der Waals surface area contributed by atoms with Crippen LogP contribution in [0.4, 0.5) is 0 Å². The Morgan fingerprint density at radius 3 is 2.40 bits per heavy atom. The molecule has 0 bridgehead atoms. The van der Waals surface area contributed by atoms with Gasteiger partial charge in [0.15, 0.2) is 0 Å². The van der Waals surface area contributed by atoms with E-state index in [9.17, 15) is 0 Å². The molecule has 0 aliphatic rings. The molecule has 0 aromatic carbocycles. The van der Waals surface area contributed by atoms with Crippen LogP contribution in [0.2, 0.25) is 0 Å². The van der Waals surface area contributed by atoms with E-state index < -0.39 is 0 Å². The van der Waals surface area contributed by atoms with Crippen molar-refractivity contribution >= 4 is 8.15 Å². The number of hydrogen-bond acceptors (Lipinski definition) is 1. The van der Waals surface area contributed by atoms with Crippen molar-refractivity contribution in [1.82, 2.24) is 0 Å². The summed E-state index contributed by atoms with van der Waals surface area (Å²) in [6.07, 6.45) is 4.99. The maximum absolute atomic E-state index is 5.59. The van der Waals surface area contributed by atoms with Crippen molar-refractivity contribution < 1.29 is 4.52 Å². The molecule has 0 N–H and O–H groups in total. The Hall–Kier alpha value is 0.390. The largest absolute Gasteiger partial charge is 0.360 e. The Kier molecular flexibility index (Phi) is 7.79. The van der Waals surface area contributed by atoms with E-state index in [-0.39, 0.29) is 8.15 Å². The summed E-state index contributed by atoms with van der Waals surface area (Å²) in [5.41, 5.74) is 0. The summed E-state index contributed by atoms with van der Waals surface area (Å²) < 4.78 is 5.59. The zero-order chi connectivity index (χ0) is 7.82. The van der Waals surface area contributed by atoms with Gasteiger partial charge in [-0.3, -0.25) is 0 Å². The molecule has 0 heterocycles. The molecule has 62 valence electrons. The van der Waals surface area contributed by atoms with Gasteiger partial charge in [-0.1, -0.05) is 26.7 Å². The van der Waals surface area contributed by atoms with Gasteiger partial charge in [0, 0.05) is 8.15 Å². The average molecular weight is 162 g/mol. The molecule has 0 saturated carbocycles. The first-order valence-corrected chi connectivity index (χ1v) is 6.04. The van der Waals surface area contributed by atoms with Gasteiger partial charge in [-0.2, -0.15) is 0 Å². The lowest BCUT2D eigenvalue weighted by Gasteiger charge is -2.10. The topological polar surface area (TPSA) is 9.23 Å². The Balaban J connectivity index is 2.97. The summed E-state index contributed by atoms with van der Waals surface area (Å²) in [6.45, 7) is 7.59. The molecule has 0 aliphatic heterocycles. The SMILES string of the molecule is CCCCOP(C)CCC. The lowest BCUT2D eigenvalue weighted by Crippen LogP contribution is -1.90. The highest BCUT2D eigenvalue weighted by Gasteiger charge is 1.97. The van der Waals surface area contributed by atoms with Crippen molar-refractivity contribution in [3.05, 3.63) is 0 Å². The van der Waals surface area contributed by atoms with Gasteiger partial charge in [-0.25, -0.2) is 0 Å². The molecule has 2 heteroatoms. The van der Waals surface area contributed by atoms with E-state index in [0.29, 0.717) is 0 Å². The highest BCUT2D eigenvalue weighted by Crippen LogP contribution is 2.32. The maximum atomic E-state index is 5.59. The fourth-order valence-corrected chi connectivity index (χ4v) is 1.94. The molecular formula is C8H19OP. The summed E-state index contributed by atoms with van der Waals surface area (Å²) in [6, 6.07) is 0. The van der Waals surface area contributed by atoms with Gasteiger partial charge in [0.1, 0.15) is 0 Å². The Labute approximate surface area is 66.0 Å². The van der Waals surface area contributed by atoms with Crippen molar-refractivity contribution in [3.63, 3.8) is 0 Å². The van der Waals surface area contributed by atoms with Crippen LogP contribution in [0, 0.1) is 0 Å². The van der Waals surface area contributed by atoms with Crippen LogP contribution in [0.5, 0.6) is 0 Å². The van der Waals surface area contributed by atoms with Crippen molar-refractivity contribution in [2.75, 3.05) is 19.4 Å². The molecule has 0 spiro atoms. The van der Waals surface area contributed by atoms with Crippen molar-refractivity contribution in [1.29, 1.82) is 0 Å². The molecule has 0 aromatic heterocycles. The van der Waals surface area contributed by atoms with E-state index >= 15 is 0 Å². The van der Waals surface area contributed by atoms with E-state index in [0.717, 1.165) is 6.61 Å². The molecule has 0 rings (SSSR count). The predicted octanol–water partition coefficient (Wildman–Crippen LogP) is 3.24. The first-order valence-electron chi connectivity index (χ1n) is 4.15. The fourth-order valence-electron chi connectivity index (χ4n) is 0.744. The summed E-state index contributed by atoms with van der Waals surface area (Å²) in [7, 11) is -0.0923. The summed E-state index contributed by atoms with van der Waals surface area (Å²) in [5, 5.41) is 0. The Bertz CT molecular complexity index is 66.3. The minimum absolute atomic E-state index is 0.0923. The third kappa shape index (κ3) is 6.51. The van der Waals surface area contributed by atoms with Crippen molar-refractivity contribution in [3.8, 4) is 0 Å². The minimum atomic E-state index is -0.0923. The Morgan fingerprint density at radius 1 is 1.20 bits per heavy atom. The zero-order valence-corrected chi connectivity index (χ0v) is 8.29. The molecule has 1 atom stereocenters. The van der Waals surface area contributed by atoms with Crippen LogP contribution in [0.25, 0.3) is 0 Å². The second kappa shape index (κ2) is 7.50. The van der Waals surface area contributed by atoms with Crippen LogP contribution in [0.1, 0.15) is 33.1 Å². The number of rotatable bonds is 6. The van der Waals surface area contributed by atoms with Crippen LogP contribution in [-0.4, -0.2) is 19.4 Å². The van der Waals surface area contributed by atoms with Gasteiger partial charge in [0.25, 0.3) is 0 Å². The summed E-state index contributed by atoms with van der Waals surface area (Å²) in [5.74, 6) is 0. The van der Waals surface area contributed by atoms with Crippen molar-refractivity contribution in [2.45, 2.75) is 33.1 Å². The number of unbranched alkanes of at least 4 members (excludes halogenated alkanes) is 1. The molecule has 0 fully saturated rings. The molecule has 0 aliphatic carbocycles. The van der Waals surface area contributed by atoms with Crippen LogP contribution in [0.15, 0.2) is 0 Å². The maximum Gasteiger partial charge on any atom is 0.0508 e. The monoisotopic (exact) mass is 162 g/mol. The van der Waals surface area contributed by atoms with Crippen LogP contribution in [0.3, 0.4) is 0 Å². The van der Waals surface area contributed by atoms with E-state index in [1.165, 1.54) is 25.4 Å². The van der Waals surface area contributed by atoms with Crippen LogP contribution in [-0.2, 0) is 4.52 Å². The molecule has 0 saturated heterocycles. The first-order chi connectivity index (χ1) is 4.81. The van der Waals surface area contributed by atoms with E-state index in [1.807, 2.05) is 0 Å². The van der Waals surface area contributed by atoms with Gasteiger partial charge in [-0.05, 0) is 19.2 Å². The fraction of sp³-hybridized carbons (Fsp3) is 1.00. The molecule has 1 nitrogen and oxygen atoms in total. The molecular weight excluding hydrogens is 143 g/mol. The standard InChI is InChI=1S/C8H19OP/c1-4-6-7-9-10(3)8-5-2/h4-8H2,1-3H3. The summed E-state index contributed by atoms with van der Waals surface area (Å²) in [4.78, 5) is 0. The third-order valence-corrected chi connectivity index (χ3v) is 3.05. The molecule has 0 radical (unpaired) electrons. The molecule has 10 heavy (non-hydrogen) atoms. The second-order valence-corrected chi connectivity index (χ2v) is 4.50. The highest BCUT2D eigenvalue weighted by atomic mass is 31.1. The van der Waals surface area contributed by atoms with Gasteiger partial charge >= 0.3 is 0 Å². The van der Waals surface area contributed by atoms with Gasteiger partial charge < -0.3 is 4.52 Å². The zero-order valence-electron chi connectivity index (χ0n) is 7.39. The first kappa shape index (κ1) is 10.4. The molecule has 1 unspecified atom stereocenters. The quantitative estimate of drug-likeness (QED) is 0.430. The van der Waals surface area contributed by atoms with E-state index in [4.69, 9.17) is 4.52 Å². The smallest absolute Gasteiger partial charge is 0.0508 e. The van der Waals surface area contributed by atoms with E-state index in [2.05, 4.69) is 20.5 Å². The van der Waals surface area contributed by atoms with Gasteiger partial charge in [0.2, 0.25) is 0 Å². The van der Waals surface area contributed by atoms with Crippen molar-refractivity contribution in [2.24, 2.45) is 0 Å². The highest BCUT2D eigenvalue weighted by molar-refractivity contribution is 7.51. The van der Waals surface area contributed by atoms with Crippen LogP contribution < -0.4 is 0 Å². The molecule has 0 amide bonds. The second-order valence-electron chi connectivity index (χ2n) is 2.54. The van der Waals surface area contributed by atoms with Gasteiger partial charge in [-0.15, -0.1) is 0 Å². The lowest BCUT2D eigenvalue weighted by molar-refractivity contribution is 0.344. The minimum Gasteiger partial charge on any atom is -0.360 e. The lowest BCUT2D eigenvalue weighted by atomic mass is 10.4. The normalized spacial score (nSPS) is 13.5. The Morgan fingerprint density at radius 2 is 1.90 bits per heavy atom. The van der Waals surface area contributed by atoms with E-state index in [1.54, 1.807) is 0 Å². The predicted molar refractivity (Wildman–Crippen MR) is 48.9 cm³/mol. The van der Waals surface area contributed by atoms with Crippen LogP contribution >= 0.6 is 8.15 Å². The van der Waals surface area contributed by atoms with Gasteiger partial charge in [0.05, 0.1) is 6.61 Å². The third-order valence-electron chi connectivity index (χ3n) is 1.35. The average Bonchev–Trinajstić information content (AvgIpc) is 1.89. The molecule has 0 aromatic rings.